The first-order valence-corrected chi connectivity index (χ1v) is 10.6. The number of H-pyrrole nitrogens is 1. The number of ether oxygens (including phenoxy) is 3. The van der Waals surface area contributed by atoms with Crippen LogP contribution in [0.2, 0.25) is 0 Å². The van der Waals surface area contributed by atoms with Gasteiger partial charge in [-0.25, -0.2) is 19.1 Å². The molecular weight excluding hydrogens is 426 g/mol. The molecule has 174 valence electrons. The van der Waals surface area contributed by atoms with Gasteiger partial charge in [0.25, 0.3) is 0 Å². The Balaban J connectivity index is 1.78. The van der Waals surface area contributed by atoms with E-state index in [4.69, 9.17) is 14.2 Å². The van der Waals surface area contributed by atoms with Gasteiger partial charge in [-0.15, -0.1) is 0 Å². The van der Waals surface area contributed by atoms with Crippen molar-refractivity contribution >= 4 is 17.9 Å². The van der Waals surface area contributed by atoms with Crippen LogP contribution >= 0.6 is 0 Å². The molecule has 0 saturated carbocycles. The third-order valence-corrected chi connectivity index (χ3v) is 4.99. The van der Waals surface area contributed by atoms with Crippen molar-refractivity contribution in [1.82, 2.24) is 14.8 Å². The predicted octanol–water partition coefficient (Wildman–Crippen LogP) is 3.84. The molecule has 3 aromatic rings. The number of hydrogen-bond acceptors (Lipinski definition) is 7. The van der Waals surface area contributed by atoms with Gasteiger partial charge < -0.3 is 19.2 Å². The molecule has 0 fully saturated rings. The second-order valence-electron chi connectivity index (χ2n) is 7.38. The molecule has 0 unspecified atom stereocenters. The van der Waals surface area contributed by atoms with Gasteiger partial charge in [0.05, 0.1) is 41.4 Å². The second kappa shape index (κ2) is 10.2. The van der Waals surface area contributed by atoms with E-state index in [1.54, 1.807) is 49.7 Å². The molecule has 0 amide bonds. The lowest BCUT2D eigenvalue weighted by Crippen LogP contribution is -2.11. The van der Waals surface area contributed by atoms with Crippen LogP contribution in [0.3, 0.4) is 0 Å². The summed E-state index contributed by atoms with van der Waals surface area (Å²) in [5.74, 6) is -1.78. The summed E-state index contributed by atoms with van der Waals surface area (Å²) in [7, 11) is 0. The molecule has 0 bridgehead atoms. The van der Waals surface area contributed by atoms with E-state index in [1.807, 2.05) is 19.9 Å². The van der Waals surface area contributed by atoms with Crippen LogP contribution in [0.4, 0.5) is 0 Å². The van der Waals surface area contributed by atoms with E-state index in [9.17, 15) is 14.4 Å². The van der Waals surface area contributed by atoms with Crippen LogP contribution in [0, 0.1) is 20.8 Å². The number of aryl methyl sites for hydroxylation is 2. The fourth-order valence-electron chi connectivity index (χ4n) is 3.50. The maximum absolute atomic E-state index is 12.6. The molecule has 0 aliphatic carbocycles. The van der Waals surface area contributed by atoms with Gasteiger partial charge in [0, 0.05) is 5.69 Å². The number of esters is 3. The van der Waals surface area contributed by atoms with Gasteiger partial charge in [-0.2, -0.15) is 5.10 Å². The lowest BCUT2D eigenvalue weighted by molar-refractivity contribution is 0.0445. The zero-order valence-corrected chi connectivity index (χ0v) is 19.4. The first-order chi connectivity index (χ1) is 15.8. The van der Waals surface area contributed by atoms with E-state index in [0.29, 0.717) is 11.1 Å². The summed E-state index contributed by atoms with van der Waals surface area (Å²) in [5.41, 5.74) is 3.97. The Hall–Kier alpha value is -3.88. The Bertz CT molecular complexity index is 1170. The zero-order chi connectivity index (χ0) is 24.1. The average Bonchev–Trinajstić information content (AvgIpc) is 3.30. The van der Waals surface area contributed by atoms with E-state index in [-0.39, 0.29) is 36.8 Å². The van der Waals surface area contributed by atoms with Crippen LogP contribution < -0.4 is 0 Å². The maximum Gasteiger partial charge on any atom is 0.355 e. The molecule has 2 heterocycles. The van der Waals surface area contributed by atoms with Crippen LogP contribution in [0.15, 0.2) is 30.3 Å². The van der Waals surface area contributed by atoms with E-state index in [2.05, 4.69) is 10.1 Å². The summed E-state index contributed by atoms with van der Waals surface area (Å²) in [5, 5.41) is 4.42. The Morgan fingerprint density at radius 2 is 1.55 bits per heavy atom. The summed E-state index contributed by atoms with van der Waals surface area (Å²) in [4.78, 5) is 40.1. The van der Waals surface area contributed by atoms with E-state index in [0.717, 1.165) is 17.1 Å². The van der Waals surface area contributed by atoms with Crippen LogP contribution in [0.1, 0.15) is 67.7 Å². The summed E-state index contributed by atoms with van der Waals surface area (Å²) < 4.78 is 17.3. The number of carbonyl (C=O) groups excluding carboxylic acids is 3. The van der Waals surface area contributed by atoms with Crippen molar-refractivity contribution in [2.75, 3.05) is 13.2 Å². The van der Waals surface area contributed by atoms with Crippen LogP contribution in [0.5, 0.6) is 0 Å². The summed E-state index contributed by atoms with van der Waals surface area (Å²) >= 11 is 0. The number of nitrogens with zero attached hydrogens (tertiary/aromatic N) is 2. The van der Waals surface area contributed by atoms with Crippen molar-refractivity contribution in [3.05, 3.63) is 69.8 Å². The zero-order valence-electron chi connectivity index (χ0n) is 19.4. The van der Waals surface area contributed by atoms with Crippen molar-refractivity contribution < 1.29 is 28.6 Å². The Kier molecular flexibility index (Phi) is 7.32. The van der Waals surface area contributed by atoms with Crippen LogP contribution in [-0.2, 0) is 20.8 Å². The molecule has 1 N–H and O–H groups in total. The van der Waals surface area contributed by atoms with E-state index in [1.165, 1.54) is 0 Å². The highest BCUT2D eigenvalue weighted by Gasteiger charge is 2.26. The molecular formula is C24H27N3O6. The number of aromatic nitrogens is 3. The molecule has 33 heavy (non-hydrogen) atoms. The lowest BCUT2D eigenvalue weighted by atomic mass is 10.1. The third-order valence-electron chi connectivity index (χ3n) is 4.99. The van der Waals surface area contributed by atoms with Gasteiger partial charge >= 0.3 is 17.9 Å². The molecule has 1 aromatic carbocycles. The first kappa shape index (κ1) is 23.8. The van der Waals surface area contributed by atoms with Gasteiger partial charge in [-0.1, -0.05) is 0 Å². The molecule has 0 atom stereocenters. The van der Waals surface area contributed by atoms with Gasteiger partial charge in [0.1, 0.15) is 12.3 Å². The Labute approximate surface area is 191 Å². The van der Waals surface area contributed by atoms with E-state index >= 15 is 0 Å². The lowest BCUT2D eigenvalue weighted by Gasteiger charge is -2.08. The molecule has 0 radical (unpaired) electrons. The molecule has 0 saturated heterocycles. The molecule has 0 aliphatic rings. The quantitative estimate of drug-likeness (QED) is 0.407. The number of benzene rings is 1. The van der Waals surface area contributed by atoms with Crippen molar-refractivity contribution in [1.29, 1.82) is 0 Å². The maximum atomic E-state index is 12.6. The highest BCUT2D eigenvalue weighted by molar-refractivity contribution is 5.98. The number of hydrogen-bond donors (Lipinski definition) is 1. The highest BCUT2D eigenvalue weighted by atomic mass is 16.5. The monoisotopic (exact) mass is 453 g/mol. The van der Waals surface area contributed by atoms with E-state index < -0.39 is 17.9 Å². The van der Waals surface area contributed by atoms with Crippen LogP contribution in [0.25, 0.3) is 5.69 Å². The minimum atomic E-state index is -0.609. The fourth-order valence-corrected chi connectivity index (χ4v) is 3.50. The molecule has 2 aromatic heterocycles. The van der Waals surface area contributed by atoms with Crippen molar-refractivity contribution in [3.8, 4) is 5.69 Å². The van der Waals surface area contributed by atoms with Crippen molar-refractivity contribution in [2.45, 2.75) is 41.2 Å². The minimum absolute atomic E-state index is 0.125. The van der Waals surface area contributed by atoms with Gasteiger partial charge in [-0.3, -0.25) is 0 Å². The minimum Gasteiger partial charge on any atom is -0.462 e. The Morgan fingerprint density at radius 1 is 0.909 bits per heavy atom. The van der Waals surface area contributed by atoms with Crippen molar-refractivity contribution in [2.24, 2.45) is 0 Å². The smallest absolute Gasteiger partial charge is 0.355 e. The van der Waals surface area contributed by atoms with Crippen molar-refractivity contribution in [3.63, 3.8) is 0 Å². The average molecular weight is 453 g/mol. The topological polar surface area (TPSA) is 113 Å². The normalized spacial score (nSPS) is 10.7. The molecule has 0 aliphatic heterocycles. The molecule has 9 heteroatoms. The number of nitrogens with one attached hydrogen (secondary N) is 1. The highest BCUT2D eigenvalue weighted by Crippen LogP contribution is 2.22. The SMILES string of the molecule is CCOC(=O)c1[nH]c(COC(=O)c2ccc(-n3nc(C)cc3C)cc2)c(C(=O)OCC)c1C. The Morgan fingerprint density at radius 3 is 2.12 bits per heavy atom. The van der Waals surface area contributed by atoms with Crippen LogP contribution in [-0.4, -0.2) is 45.9 Å². The number of rotatable bonds is 8. The standard InChI is InChI=1S/C24H27N3O6/c1-6-31-23(29)20-16(5)21(24(30)32-7-2)25-19(20)13-33-22(28)17-8-10-18(11-9-17)27-15(4)12-14(3)26-27/h8-12,25H,6-7,13H2,1-5H3. The summed E-state index contributed by atoms with van der Waals surface area (Å²) in [6.45, 7) is 8.95. The van der Waals surface area contributed by atoms with Gasteiger partial charge in [0.2, 0.25) is 0 Å². The van der Waals surface area contributed by atoms with Gasteiger partial charge in [0.15, 0.2) is 0 Å². The molecule has 9 nitrogen and oxygen atoms in total. The number of carbonyl (C=O) groups is 3. The van der Waals surface area contributed by atoms with Gasteiger partial charge in [-0.05, 0) is 70.5 Å². The second-order valence-corrected chi connectivity index (χ2v) is 7.38. The molecule has 0 spiro atoms. The summed E-state index contributed by atoms with van der Waals surface area (Å²) in [6.07, 6.45) is 0. The number of aromatic amines is 1. The molecule has 3 rings (SSSR count). The summed E-state index contributed by atoms with van der Waals surface area (Å²) in [6, 6.07) is 8.80. The first-order valence-electron chi connectivity index (χ1n) is 10.6. The predicted molar refractivity (Wildman–Crippen MR) is 120 cm³/mol. The third kappa shape index (κ3) is 5.14. The fraction of sp³-hybridized carbons (Fsp3) is 0.333. The largest absolute Gasteiger partial charge is 0.462 e.